The molecule has 0 saturated carbocycles. The topological polar surface area (TPSA) is 14.1 Å². The Labute approximate surface area is 68.6 Å². The van der Waals surface area contributed by atoms with Gasteiger partial charge in [0.25, 0.3) is 0 Å². The average molecular weight is 197 g/mol. The van der Waals surface area contributed by atoms with Gasteiger partial charge in [0, 0.05) is 11.0 Å². The van der Waals surface area contributed by atoms with Gasteiger partial charge in [-0.2, -0.15) is 0 Å². The van der Waals surface area contributed by atoms with Crippen LogP contribution in [0.3, 0.4) is 0 Å². The molecule has 10 heavy (non-hydrogen) atoms. The van der Waals surface area contributed by atoms with E-state index in [1.807, 2.05) is 6.07 Å². The number of rotatable bonds is 0. The molecule has 2 heteroatoms. The van der Waals surface area contributed by atoms with Gasteiger partial charge in [0.05, 0.1) is 5.69 Å². The second kappa shape index (κ2) is 2.27. The number of nitrogens with zero attached hydrogens (tertiary/aromatic N) is 1. The van der Waals surface area contributed by atoms with Crippen LogP contribution in [-0.4, -0.2) is 6.54 Å². The fourth-order valence-corrected chi connectivity index (χ4v) is 1.61. The minimum Gasteiger partial charge on any atom is -0.285 e. The van der Waals surface area contributed by atoms with Crippen molar-refractivity contribution in [3.63, 3.8) is 0 Å². The van der Waals surface area contributed by atoms with E-state index in [0.717, 1.165) is 17.4 Å². The van der Waals surface area contributed by atoms with E-state index in [4.69, 9.17) is 0 Å². The maximum Gasteiger partial charge on any atom is 0.0607 e. The molecule has 0 N–H and O–H groups in total. The maximum atomic E-state index is 4.32. The summed E-state index contributed by atoms with van der Waals surface area (Å²) < 4.78 is 1.16. The Morgan fingerprint density at radius 1 is 1.40 bits per heavy atom. The molecular weight excluding hydrogens is 190 g/mol. The summed E-state index contributed by atoms with van der Waals surface area (Å²) in [6.07, 6.45) is 1.11. The molecule has 0 atom stereocenters. The molecule has 1 aromatic carbocycles. The highest BCUT2D eigenvalue weighted by atomic mass is 79.9. The van der Waals surface area contributed by atoms with Crippen molar-refractivity contribution < 1.29 is 0 Å². The summed E-state index contributed by atoms with van der Waals surface area (Å²) in [5, 5.41) is 4.32. The monoisotopic (exact) mass is 196 g/mol. The van der Waals surface area contributed by atoms with Gasteiger partial charge in [-0.05, 0) is 30.2 Å². The number of hydrogen-bond donors (Lipinski definition) is 0. The molecule has 0 fully saturated rings. The quantitative estimate of drug-likeness (QED) is 0.605. The molecule has 0 spiro atoms. The number of fused-ring (bicyclic) bond motifs is 1. The van der Waals surface area contributed by atoms with Crippen molar-refractivity contribution >= 4 is 21.6 Å². The van der Waals surface area contributed by atoms with Gasteiger partial charge in [0.15, 0.2) is 0 Å². The van der Waals surface area contributed by atoms with E-state index in [2.05, 4.69) is 33.4 Å². The summed E-state index contributed by atoms with van der Waals surface area (Å²) in [4.78, 5) is 0. The van der Waals surface area contributed by atoms with Crippen LogP contribution in [0.15, 0.2) is 22.7 Å². The Hall–Kier alpha value is -0.500. The van der Waals surface area contributed by atoms with E-state index in [0.29, 0.717) is 0 Å². The summed E-state index contributed by atoms with van der Waals surface area (Å²) in [5.41, 5.74) is 2.54. The van der Waals surface area contributed by atoms with Gasteiger partial charge >= 0.3 is 0 Å². The summed E-state index contributed by atoms with van der Waals surface area (Å²) in [5.74, 6) is 0. The normalized spacial score (nSPS) is 14.5. The SMILES string of the molecule is Brc1ccc2c(c1)CC[N]2. The van der Waals surface area contributed by atoms with E-state index in [1.165, 1.54) is 11.3 Å². The first-order chi connectivity index (χ1) is 4.86. The lowest BCUT2D eigenvalue weighted by atomic mass is 10.2. The van der Waals surface area contributed by atoms with Gasteiger partial charge in [-0.1, -0.05) is 15.9 Å². The highest BCUT2D eigenvalue weighted by Crippen LogP contribution is 2.25. The molecule has 1 radical (unpaired) electrons. The number of halogens is 1. The van der Waals surface area contributed by atoms with Crippen LogP contribution in [0.2, 0.25) is 0 Å². The Morgan fingerprint density at radius 2 is 2.30 bits per heavy atom. The van der Waals surface area contributed by atoms with Crippen LogP contribution in [0, 0.1) is 0 Å². The number of hydrogen-bond acceptors (Lipinski definition) is 0. The fourth-order valence-electron chi connectivity index (χ4n) is 1.21. The molecule has 2 rings (SSSR count). The highest BCUT2D eigenvalue weighted by Gasteiger charge is 2.09. The maximum absolute atomic E-state index is 4.32. The van der Waals surface area contributed by atoms with Gasteiger partial charge < -0.3 is 0 Å². The highest BCUT2D eigenvalue weighted by molar-refractivity contribution is 9.10. The summed E-state index contributed by atoms with van der Waals surface area (Å²) >= 11 is 3.42. The van der Waals surface area contributed by atoms with Crippen molar-refractivity contribution in [3.8, 4) is 0 Å². The second-order valence-electron chi connectivity index (χ2n) is 2.40. The predicted molar refractivity (Wildman–Crippen MR) is 44.5 cm³/mol. The van der Waals surface area contributed by atoms with Crippen molar-refractivity contribution in [2.75, 3.05) is 6.54 Å². The molecule has 0 amide bonds. The first kappa shape index (κ1) is 6.23. The van der Waals surface area contributed by atoms with Gasteiger partial charge in [-0.25, -0.2) is 0 Å². The van der Waals surface area contributed by atoms with Gasteiger partial charge in [0.2, 0.25) is 0 Å². The molecular formula is C8H7BrN. The molecule has 51 valence electrons. The lowest BCUT2D eigenvalue weighted by Gasteiger charge is -1.95. The van der Waals surface area contributed by atoms with Crippen LogP contribution in [-0.2, 0) is 6.42 Å². The fraction of sp³-hybridized carbons (Fsp3) is 0.250. The van der Waals surface area contributed by atoms with Crippen molar-refractivity contribution in [1.29, 1.82) is 0 Å². The average Bonchev–Trinajstić information content (AvgIpc) is 2.33. The minimum atomic E-state index is 0.964. The van der Waals surface area contributed by atoms with Crippen molar-refractivity contribution in [2.24, 2.45) is 0 Å². The molecule has 1 nitrogen and oxygen atoms in total. The van der Waals surface area contributed by atoms with Crippen molar-refractivity contribution in [3.05, 3.63) is 28.2 Å². The summed E-state index contributed by atoms with van der Waals surface area (Å²) in [7, 11) is 0. The van der Waals surface area contributed by atoms with Crippen LogP contribution in [0.25, 0.3) is 0 Å². The Bertz CT molecular complexity index is 257. The van der Waals surface area contributed by atoms with Gasteiger partial charge in [-0.15, -0.1) is 0 Å². The minimum absolute atomic E-state index is 0.964. The predicted octanol–water partition coefficient (Wildman–Crippen LogP) is 2.24. The van der Waals surface area contributed by atoms with E-state index >= 15 is 0 Å². The van der Waals surface area contributed by atoms with Crippen molar-refractivity contribution in [2.45, 2.75) is 6.42 Å². The Morgan fingerprint density at radius 3 is 3.20 bits per heavy atom. The molecule has 0 aliphatic carbocycles. The lowest BCUT2D eigenvalue weighted by molar-refractivity contribution is 0.909. The summed E-state index contributed by atoms with van der Waals surface area (Å²) in [6.45, 7) is 0.964. The van der Waals surface area contributed by atoms with Gasteiger partial charge in [-0.3, -0.25) is 5.32 Å². The first-order valence-electron chi connectivity index (χ1n) is 3.32. The molecule has 1 aliphatic rings. The molecule has 1 aromatic rings. The third kappa shape index (κ3) is 0.926. The second-order valence-corrected chi connectivity index (χ2v) is 3.32. The standard InChI is InChI=1S/C8H7BrN/c9-7-1-2-8-6(5-7)3-4-10-8/h1-2,5H,3-4H2. The van der Waals surface area contributed by atoms with Crippen LogP contribution < -0.4 is 5.32 Å². The van der Waals surface area contributed by atoms with E-state index < -0.39 is 0 Å². The molecule has 1 aliphatic heterocycles. The first-order valence-corrected chi connectivity index (χ1v) is 4.11. The van der Waals surface area contributed by atoms with Crippen molar-refractivity contribution in [1.82, 2.24) is 5.32 Å². The smallest absolute Gasteiger partial charge is 0.0607 e. The summed E-state index contributed by atoms with van der Waals surface area (Å²) in [6, 6.07) is 6.24. The van der Waals surface area contributed by atoms with E-state index in [-0.39, 0.29) is 0 Å². The molecule has 0 saturated heterocycles. The largest absolute Gasteiger partial charge is 0.285 e. The van der Waals surface area contributed by atoms with E-state index in [9.17, 15) is 0 Å². The van der Waals surface area contributed by atoms with Crippen LogP contribution >= 0.6 is 15.9 Å². The molecule has 0 aromatic heterocycles. The zero-order valence-corrected chi connectivity index (χ0v) is 7.06. The molecule has 0 unspecified atom stereocenters. The lowest BCUT2D eigenvalue weighted by Crippen LogP contribution is -1.88. The van der Waals surface area contributed by atoms with Crippen LogP contribution in [0.5, 0.6) is 0 Å². The van der Waals surface area contributed by atoms with Crippen LogP contribution in [0.4, 0.5) is 5.69 Å². The van der Waals surface area contributed by atoms with Crippen LogP contribution in [0.1, 0.15) is 5.56 Å². The Kier molecular flexibility index (Phi) is 1.42. The zero-order valence-electron chi connectivity index (χ0n) is 5.47. The number of benzene rings is 1. The third-order valence-electron chi connectivity index (χ3n) is 1.70. The van der Waals surface area contributed by atoms with Gasteiger partial charge in [0.1, 0.15) is 0 Å². The molecule has 1 heterocycles. The zero-order chi connectivity index (χ0) is 6.97. The Balaban J connectivity index is 2.52. The van der Waals surface area contributed by atoms with E-state index in [1.54, 1.807) is 0 Å². The third-order valence-corrected chi connectivity index (χ3v) is 2.20. The molecule has 0 bridgehead atoms.